The molecule has 0 unspecified atom stereocenters. The third kappa shape index (κ3) is 4.34. The Morgan fingerprint density at radius 3 is 2.63 bits per heavy atom. The summed E-state index contributed by atoms with van der Waals surface area (Å²) in [4.78, 5) is 36.0. The summed E-state index contributed by atoms with van der Waals surface area (Å²) in [5, 5.41) is 22.8. The van der Waals surface area contributed by atoms with Crippen molar-refractivity contribution in [3.63, 3.8) is 0 Å². The van der Waals surface area contributed by atoms with Gasteiger partial charge in [0, 0.05) is 38.5 Å². The van der Waals surface area contributed by atoms with Crippen LogP contribution in [0.15, 0.2) is 53.5 Å². The van der Waals surface area contributed by atoms with Gasteiger partial charge in [-0.2, -0.15) is 5.26 Å². The van der Waals surface area contributed by atoms with Crippen LogP contribution in [0.25, 0.3) is 10.9 Å². The molecule has 0 spiro atoms. The predicted octanol–water partition coefficient (Wildman–Crippen LogP) is 2.21. The van der Waals surface area contributed by atoms with Gasteiger partial charge in [0.25, 0.3) is 11.6 Å². The van der Waals surface area contributed by atoms with Crippen molar-refractivity contribution in [1.29, 1.82) is 5.26 Å². The number of nitro groups is 1. The van der Waals surface area contributed by atoms with Crippen molar-refractivity contribution in [2.24, 2.45) is 0 Å². The minimum atomic E-state index is -0.588. The maximum atomic E-state index is 12.9. The van der Waals surface area contributed by atoms with E-state index >= 15 is 0 Å². The van der Waals surface area contributed by atoms with E-state index in [1.54, 1.807) is 28.8 Å². The number of rotatable bonds is 7. The lowest BCUT2D eigenvalue weighted by atomic mass is 10.1. The number of nitro benzene ring substituents is 1. The second-order valence-corrected chi connectivity index (χ2v) is 6.52. The monoisotopic (exact) mass is 406 g/mol. The van der Waals surface area contributed by atoms with Crippen LogP contribution in [0.5, 0.6) is 0 Å². The number of carbonyl (C=O) groups is 1. The van der Waals surface area contributed by atoms with E-state index < -0.39 is 16.3 Å². The van der Waals surface area contributed by atoms with Crippen LogP contribution in [0, 0.1) is 21.4 Å². The molecule has 30 heavy (non-hydrogen) atoms. The zero-order valence-electron chi connectivity index (χ0n) is 16.1. The van der Waals surface area contributed by atoms with E-state index in [1.165, 1.54) is 31.5 Å². The van der Waals surface area contributed by atoms with E-state index in [2.05, 4.69) is 5.32 Å². The summed E-state index contributed by atoms with van der Waals surface area (Å²) in [6.45, 7) is 0.806. The highest BCUT2D eigenvalue weighted by Gasteiger charge is 2.18. The van der Waals surface area contributed by atoms with Crippen molar-refractivity contribution >= 4 is 22.5 Å². The molecule has 152 valence electrons. The number of pyridine rings is 1. The number of nitrogens with one attached hydrogen (secondary N) is 1. The molecule has 0 atom stereocenters. The first kappa shape index (κ1) is 20.7. The lowest BCUT2D eigenvalue weighted by Crippen LogP contribution is -2.32. The van der Waals surface area contributed by atoms with Crippen molar-refractivity contribution in [2.45, 2.75) is 6.54 Å². The van der Waals surface area contributed by atoms with E-state index in [-0.39, 0.29) is 29.8 Å². The number of aromatic nitrogens is 1. The maximum Gasteiger partial charge on any atom is 0.270 e. The number of ether oxygens (including phenoxy) is 1. The highest BCUT2D eigenvalue weighted by Crippen LogP contribution is 2.20. The topological polar surface area (TPSA) is 127 Å². The molecule has 0 saturated heterocycles. The molecular formula is C21H18N4O5. The van der Waals surface area contributed by atoms with Crippen LogP contribution >= 0.6 is 0 Å². The van der Waals surface area contributed by atoms with Crippen LogP contribution in [0.3, 0.4) is 0 Å². The number of nitriles is 1. The summed E-state index contributed by atoms with van der Waals surface area (Å²) >= 11 is 0. The molecule has 9 nitrogen and oxygen atoms in total. The Hall–Kier alpha value is -4.03. The molecule has 1 amide bonds. The van der Waals surface area contributed by atoms with Crippen LogP contribution in [0.2, 0.25) is 0 Å². The van der Waals surface area contributed by atoms with Crippen LogP contribution in [0.4, 0.5) is 5.69 Å². The maximum absolute atomic E-state index is 12.9. The first-order valence-corrected chi connectivity index (χ1v) is 9.02. The van der Waals surface area contributed by atoms with Crippen molar-refractivity contribution < 1.29 is 14.5 Å². The number of hydrogen-bond donors (Lipinski definition) is 1. The van der Waals surface area contributed by atoms with Crippen molar-refractivity contribution in [1.82, 2.24) is 9.88 Å². The zero-order chi connectivity index (χ0) is 21.7. The predicted molar refractivity (Wildman–Crippen MR) is 109 cm³/mol. The molecule has 0 saturated carbocycles. The minimum absolute atomic E-state index is 0.0808. The van der Waals surface area contributed by atoms with Crippen LogP contribution < -0.4 is 10.7 Å². The molecule has 1 N–H and O–H groups in total. The van der Waals surface area contributed by atoms with Crippen molar-refractivity contribution in [3.05, 3.63) is 85.7 Å². The summed E-state index contributed by atoms with van der Waals surface area (Å²) in [6, 6.07) is 12.9. The van der Waals surface area contributed by atoms with Gasteiger partial charge in [-0.05, 0) is 23.8 Å². The van der Waals surface area contributed by atoms with Gasteiger partial charge in [-0.1, -0.05) is 12.1 Å². The highest BCUT2D eigenvalue weighted by atomic mass is 16.6. The van der Waals surface area contributed by atoms with E-state index in [4.69, 9.17) is 10.00 Å². The van der Waals surface area contributed by atoms with Gasteiger partial charge < -0.3 is 14.6 Å². The molecule has 0 bridgehead atoms. The Morgan fingerprint density at radius 2 is 2.00 bits per heavy atom. The van der Waals surface area contributed by atoms with Crippen LogP contribution in [0.1, 0.15) is 21.5 Å². The summed E-state index contributed by atoms with van der Waals surface area (Å²) < 4.78 is 6.58. The third-order valence-corrected chi connectivity index (χ3v) is 4.55. The largest absolute Gasteiger partial charge is 0.383 e. The number of methoxy groups -OCH3 is 1. The van der Waals surface area contributed by atoms with E-state index in [9.17, 15) is 19.7 Å². The third-order valence-electron chi connectivity index (χ3n) is 4.55. The Bertz CT molecular complexity index is 1210. The zero-order valence-corrected chi connectivity index (χ0v) is 16.1. The summed E-state index contributed by atoms with van der Waals surface area (Å²) in [7, 11) is 1.49. The average Bonchev–Trinajstić information content (AvgIpc) is 2.75. The Morgan fingerprint density at radius 1 is 1.27 bits per heavy atom. The van der Waals surface area contributed by atoms with E-state index in [1.807, 2.05) is 6.07 Å². The number of carbonyl (C=O) groups excluding carboxylic acids is 1. The summed E-state index contributed by atoms with van der Waals surface area (Å²) in [6.07, 6.45) is 1.44. The van der Waals surface area contributed by atoms with Crippen LogP contribution in [-0.4, -0.2) is 35.7 Å². The summed E-state index contributed by atoms with van der Waals surface area (Å²) in [5.74, 6) is -0.584. The van der Waals surface area contributed by atoms with Gasteiger partial charge in [-0.3, -0.25) is 19.7 Å². The molecule has 3 aromatic rings. The average molecular weight is 406 g/mol. The quantitative estimate of drug-likeness (QED) is 0.364. The second-order valence-electron chi connectivity index (χ2n) is 6.52. The fourth-order valence-electron chi connectivity index (χ4n) is 3.03. The lowest BCUT2D eigenvalue weighted by Gasteiger charge is -2.14. The first-order chi connectivity index (χ1) is 14.4. The molecule has 2 aromatic carbocycles. The molecule has 0 aliphatic carbocycles. The van der Waals surface area contributed by atoms with Crippen molar-refractivity contribution in [3.8, 4) is 6.07 Å². The number of fused-ring (bicyclic) bond motifs is 1. The first-order valence-electron chi connectivity index (χ1n) is 9.02. The number of non-ortho nitro benzene ring substituents is 1. The van der Waals surface area contributed by atoms with E-state index in [0.717, 1.165) is 5.56 Å². The Labute approximate surface area is 171 Å². The Balaban J connectivity index is 2.12. The number of nitrogens with zero attached hydrogens (tertiary/aromatic N) is 3. The molecule has 1 heterocycles. The van der Waals surface area contributed by atoms with E-state index in [0.29, 0.717) is 17.6 Å². The van der Waals surface area contributed by atoms with Crippen molar-refractivity contribution in [2.75, 3.05) is 20.3 Å². The SMILES string of the molecule is COCCNC(=O)c1cn(Cc2ccc(C#N)cc2)c2ccc([N+](=O)[O-])cc2c1=O. The van der Waals surface area contributed by atoms with Gasteiger partial charge >= 0.3 is 0 Å². The smallest absolute Gasteiger partial charge is 0.270 e. The minimum Gasteiger partial charge on any atom is -0.383 e. The van der Waals surface area contributed by atoms with Crippen LogP contribution in [-0.2, 0) is 11.3 Å². The Kier molecular flexibility index (Phi) is 6.20. The molecule has 0 aliphatic heterocycles. The number of benzene rings is 2. The molecule has 9 heteroatoms. The summed E-state index contributed by atoms with van der Waals surface area (Å²) in [5.41, 5.74) is 0.873. The van der Waals surface area contributed by atoms with Gasteiger partial charge in [-0.15, -0.1) is 0 Å². The second kappa shape index (κ2) is 8.98. The number of hydrogen-bond acceptors (Lipinski definition) is 6. The van der Waals surface area contributed by atoms with Gasteiger partial charge in [0.2, 0.25) is 5.43 Å². The number of amides is 1. The standard InChI is InChI=1S/C21H18N4O5/c1-30-9-8-23-21(27)18-13-24(12-15-4-2-14(11-22)3-5-15)19-7-6-16(25(28)29)10-17(19)20(18)26/h2-7,10,13H,8-9,12H2,1H3,(H,23,27). The highest BCUT2D eigenvalue weighted by molar-refractivity contribution is 5.97. The molecule has 0 fully saturated rings. The molecule has 1 aromatic heterocycles. The molecule has 3 rings (SSSR count). The fourth-order valence-corrected chi connectivity index (χ4v) is 3.03. The molecular weight excluding hydrogens is 388 g/mol. The normalized spacial score (nSPS) is 10.5. The molecule has 0 aliphatic rings. The van der Waals surface area contributed by atoms with Gasteiger partial charge in [0.15, 0.2) is 0 Å². The van der Waals surface area contributed by atoms with Gasteiger partial charge in [0.1, 0.15) is 5.56 Å². The van der Waals surface area contributed by atoms with Gasteiger partial charge in [0.05, 0.1) is 34.1 Å². The lowest BCUT2D eigenvalue weighted by molar-refractivity contribution is -0.384. The van der Waals surface area contributed by atoms with Gasteiger partial charge in [-0.25, -0.2) is 0 Å². The molecule has 0 radical (unpaired) electrons. The fraction of sp³-hybridized carbons (Fsp3) is 0.190.